The van der Waals surface area contributed by atoms with Crippen molar-refractivity contribution in [2.75, 3.05) is 13.7 Å². The van der Waals surface area contributed by atoms with Gasteiger partial charge in [0.1, 0.15) is 0 Å². The number of hydrogen-bond donors (Lipinski definition) is 1. The SMILES string of the molecule is C#CCCCCNC(C)C(C)C(=O)OC. The van der Waals surface area contributed by atoms with E-state index in [1.165, 1.54) is 7.11 Å². The first-order valence-corrected chi connectivity index (χ1v) is 5.38. The van der Waals surface area contributed by atoms with E-state index in [-0.39, 0.29) is 17.9 Å². The zero-order valence-corrected chi connectivity index (χ0v) is 9.88. The molecule has 0 heterocycles. The van der Waals surface area contributed by atoms with Crippen molar-refractivity contribution in [2.24, 2.45) is 5.92 Å². The quantitative estimate of drug-likeness (QED) is 0.395. The van der Waals surface area contributed by atoms with Crippen LogP contribution in [0, 0.1) is 18.3 Å². The average molecular weight is 211 g/mol. The number of unbranched alkanes of at least 4 members (excludes halogenated alkanes) is 2. The first-order chi connectivity index (χ1) is 7.13. The number of ether oxygens (including phenoxy) is 1. The summed E-state index contributed by atoms with van der Waals surface area (Å²) in [5.41, 5.74) is 0. The standard InChI is InChI=1S/C12H21NO2/c1-5-6-7-8-9-13-11(3)10(2)12(14)15-4/h1,10-11,13H,6-9H2,2-4H3. The Balaban J connectivity index is 3.60. The molecule has 0 aliphatic carbocycles. The van der Waals surface area contributed by atoms with Crippen molar-refractivity contribution < 1.29 is 9.53 Å². The maximum atomic E-state index is 11.2. The summed E-state index contributed by atoms with van der Waals surface area (Å²) < 4.78 is 4.67. The summed E-state index contributed by atoms with van der Waals surface area (Å²) in [7, 11) is 1.42. The van der Waals surface area contributed by atoms with Gasteiger partial charge in [-0.05, 0) is 26.3 Å². The second-order valence-electron chi connectivity index (χ2n) is 3.72. The molecule has 1 N–H and O–H groups in total. The highest BCUT2D eigenvalue weighted by molar-refractivity contribution is 5.72. The van der Waals surface area contributed by atoms with E-state index in [4.69, 9.17) is 6.42 Å². The lowest BCUT2D eigenvalue weighted by Gasteiger charge is -2.18. The smallest absolute Gasteiger partial charge is 0.309 e. The lowest BCUT2D eigenvalue weighted by Crippen LogP contribution is -2.37. The molecule has 0 aromatic heterocycles. The maximum Gasteiger partial charge on any atom is 0.309 e. The molecule has 0 spiro atoms. The van der Waals surface area contributed by atoms with Crippen molar-refractivity contribution in [3.05, 3.63) is 0 Å². The second kappa shape index (κ2) is 8.31. The molecule has 0 aliphatic heterocycles. The van der Waals surface area contributed by atoms with Gasteiger partial charge in [0.15, 0.2) is 0 Å². The summed E-state index contributed by atoms with van der Waals surface area (Å²) >= 11 is 0. The van der Waals surface area contributed by atoms with Gasteiger partial charge in [0.2, 0.25) is 0 Å². The number of terminal acetylenes is 1. The minimum atomic E-state index is -0.168. The van der Waals surface area contributed by atoms with Crippen LogP contribution in [0.4, 0.5) is 0 Å². The minimum Gasteiger partial charge on any atom is -0.469 e. The molecule has 0 amide bonds. The number of rotatable bonds is 7. The number of esters is 1. The van der Waals surface area contributed by atoms with Crippen LogP contribution in [0.3, 0.4) is 0 Å². The van der Waals surface area contributed by atoms with Crippen LogP contribution in [0.2, 0.25) is 0 Å². The fourth-order valence-electron chi connectivity index (χ4n) is 1.25. The molecular weight excluding hydrogens is 190 g/mol. The Labute approximate surface area is 92.6 Å². The summed E-state index contributed by atoms with van der Waals surface area (Å²) in [5.74, 6) is 2.33. The molecule has 0 saturated carbocycles. The van der Waals surface area contributed by atoms with Gasteiger partial charge in [0.25, 0.3) is 0 Å². The monoisotopic (exact) mass is 211 g/mol. The van der Waals surface area contributed by atoms with Crippen molar-refractivity contribution >= 4 is 5.97 Å². The van der Waals surface area contributed by atoms with E-state index in [9.17, 15) is 4.79 Å². The van der Waals surface area contributed by atoms with Crippen LogP contribution < -0.4 is 5.32 Å². The number of hydrogen-bond acceptors (Lipinski definition) is 3. The third-order valence-electron chi connectivity index (χ3n) is 2.54. The minimum absolute atomic E-state index is 0.109. The number of carbonyl (C=O) groups is 1. The van der Waals surface area contributed by atoms with Gasteiger partial charge in [0.05, 0.1) is 13.0 Å². The maximum absolute atomic E-state index is 11.2. The Morgan fingerprint density at radius 3 is 2.67 bits per heavy atom. The molecule has 3 nitrogen and oxygen atoms in total. The fraction of sp³-hybridized carbons (Fsp3) is 0.750. The highest BCUT2D eigenvalue weighted by atomic mass is 16.5. The number of nitrogens with one attached hydrogen (secondary N) is 1. The Hall–Kier alpha value is -1.01. The van der Waals surface area contributed by atoms with Gasteiger partial charge in [0, 0.05) is 12.5 Å². The van der Waals surface area contributed by atoms with Crippen LogP contribution in [-0.4, -0.2) is 25.7 Å². The van der Waals surface area contributed by atoms with Crippen molar-refractivity contribution in [2.45, 2.75) is 39.2 Å². The normalized spacial score (nSPS) is 14.0. The molecule has 0 saturated heterocycles. The van der Waals surface area contributed by atoms with Crippen LogP contribution in [0.15, 0.2) is 0 Å². The van der Waals surface area contributed by atoms with Gasteiger partial charge in [-0.25, -0.2) is 0 Å². The van der Waals surface area contributed by atoms with E-state index >= 15 is 0 Å². The van der Waals surface area contributed by atoms with Crippen molar-refractivity contribution in [1.29, 1.82) is 0 Å². The lowest BCUT2D eigenvalue weighted by atomic mass is 10.0. The summed E-state index contributed by atoms with van der Waals surface area (Å²) in [6.07, 6.45) is 8.04. The van der Waals surface area contributed by atoms with Gasteiger partial charge < -0.3 is 10.1 Å². The molecule has 0 fully saturated rings. The third-order valence-corrected chi connectivity index (χ3v) is 2.54. The van der Waals surface area contributed by atoms with Crippen LogP contribution >= 0.6 is 0 Å². The molecule has 0 aromatic rings. The van der Waals surface area contributed by atoms with E-state index in [0.29, 0.717) is 0 Å². The van der Waals surface area contributed by atoms with Gasteiger partial charge in [-0.3, -0.25) is 4.79 Å². The average Bonchev–Trinajstić information content (AvgIpc) is 2.26. The van der Waals surface area contributed by atoms with Gasteiger partial charge in [-0.15, -0.1) is 12.3 Å². The van der Waals surface area contributed by atoms with E-state index < -0.39 is 0 Å². The summed E-state index contributed by atoms with van der Waals surface area (Å²) in [6.45, 7) is 4.75. The zero-order chi connectivity index (χ0) is 11.7. The second-order valence-corrected chi connectivity index (χ2v) is 3.72. The van der Waals surface area contributed by atoms with E-state index in [0.717, 1.165) is 25.8 Å². The molecule has 0 aromatic carbocycles. The van der Waals surface area contributed by atoms with Crippen LogP contribution in [-0.2, 0) is 9.53 Å². The van der Waals surface area contributed by atoms with E-state index in [2.05, 4.69) is 16.0 Å². The summed E-state index contributed by atoms with van der Waals surface area (Å²) in [6, 6.07) is 0.142. The number of methoxy groups -OCH3 is 1. The molecule has 0 radical (unpaired) electrons. The predicted molar refractivity (Wildman–Crippen MR) is 61.3 cm³/mol. The Morgan fingerprint density at radius 1 is 1.47 bits per heavy atom. The molecular formula is C12H21NO2. The van der Waals surface area contributed by atoms with Crippen molar-refractivity contribution in [3.8, 4) is 12.3 Å². The van der Waals surface area contributed by atoms with Gasteiger partial charge in [-0.2, -0.15) is 0 Å². The molecule has 0 rings (SSSR count). The first-order valence-electron chi connectivity index (χ1n) is 5.38. The first kappa shape index (κ1) is 14.0. The lowest BCUT2D eigenvalue weighted by molar-refractivity contribution is -0.145. The summed E-state index contributed by atoms with van der Waals surface area (Å²) in [4.78, 5) is 11.2. The zero-order valence-electron chi connectivity index (χ0n) is 9.88. The van der Waals surface area contributed by atoms with E-state index in [1.54, 1.807) is 0 Å². The topological polar surface area (TPSA) is 38.3 Å². The van der Waals surface area contributed by atoms with Crippen LogP contribution in [0.5, 0.6) is 0 Å². The molecule has 86 valence electrons. The summed E-state index contributed by atoms with van der Waals surface area (Å²) in [5, 5.41) is 3.29. The molecule has 0 aliphatic rings. The molecule has 15 heavy (non-hydrogen) atoms. The number of carbonyl (C=O) groups excluding carboxylic acids is 1. The van der Waals surface area contributed by atoms with Crippen LogP contribution in [0.25, 0.3) is 0 Å². The molecule has 2 atom stereocenters. The van der Waals surface area contributed by atoms with Crippen molar-refractivity contribution in [1.82, 2.24) is 5.32 Å². The van der Waals surface area contributed by atoms with Gasteiger partial charge in [-0.1, -0.05) is 6.92 Å². The largest absolute Gasteiger partial charge is 0.469 e. The molecule has 2 unspecified atom stereocenters. The van der Waals surface area contributed by atoms with Crippen LogP contribution in [0.1, 0.15) is 33.1 Å². The highest BCUT2D eigenvalue weighted by Crippen LogP contribution is 2.04. The molecule has 0 bridgehead atoms. The highest BCUT2D eigenvalue weighted by Gasteiger charge is 2.19. The Bertz CT molecular complexity index is 220. The predicted octanol–water partition coefficient (Wildman–Crippen LogP) is 1.58. The third kappa shape index (κ3) is 6.14. The Morgan fingerprint density at radius 2 is 2.13 bits per heavy atom. The Kier molecular flexibility index (Phi) is 7.75. The van der Waals surface area contributed by atoms with Gasteiger partial charge >= 0.3 is 5.97 Å². The van der Waals surface area contributed by atoms with Crippen molar-refractivity contribution in [3.63, 3.8) is 0 Å². The molecule has 3 heteroatoms. The van der Waals surface area contributed by atoms with E-state index in [1.807, 2.05) is 13.8 Å². The fourth-order valence-corrected chi connectivity index (χ4v) is 1.25.